The summed E-state index contributed by atoms with van der Waals surface area (Å²) < 4.78 is 0. The molecular weight excluding hydrogens is 112 g/mol. The fraction of sp³-hybridized carbons (Fsp3) is 0.857. The van der Waals surface area contributed by atoms with Gasteiger partial charge in [-0.25, -0.2) is 0 Å². The van der Waals surface area contributed by atoms with Gasteiger partial charge >= 0.3 is 0 Å². The molecule has 0 aliphatic carbocycles. The fourth-order valence-electron chi connectivity index (χ4n) is 0.553. The van der Waals surface area contributed by atoms with Crippen molar-refractivity contribution in [2.45, 2.75) is 38.9 Å². The van der Waals surface area contributed by atoms with Gasteiger partial charge in [0.15, 0.2) is 0 Å². The van der Waals surface area contributed by atoms with Crippen molar-refractivity contribution >= 4 is 8.07 Å². The summed E-state index contributed by atoms with van der Waals surface area (Å²) in [6, 6.07) is 0. The zero-order chi connectivity index (χ0) is 6.78. The molecule has 0 amide bonds. The third-order valence-corrected chi connectivity index (χ3v) is 5.02. The molecule has 1 heteroatoms. The Labute approximate surface area is 54.3 Å². The Bertz CT molecular complexity index is 61.3. The highest BCUT2D eigenvalue weighted by Gasteiger charge is 2.19. The van der Waals surface area contributed by atoms with Gasteiger partial charge in [-0.1, -0.05) is 39.9 Å². The molecule has 1 unspecified atom stereocenters. The summed E-state index contributed by atoms with van der Waals surface area (Å²) in [4.78, 5) is 0. The van der Waals surface area contributed by atoms with Crippen LogP contribution in [0.3, 0.4) is 0 Å². The first-order valence-electron chi connectivity index (χ1n) is 3.33. The summed E-state index contributed by atoms with van der Waals surface area (Å²) in [6.45, 7) is 13.4. The summed E-state index contributed by atoms with van der Waals surface area (Å²) >= 11 is 0. The second-order valence-electron chi connectivity index (χ2n) is 3.30. The van der Waals surface area contributed by atoms with Crippen molar-refractivity contribution in [2.24, 2.45) is 0 Å². The first-order chi connectivity index (χ1) is 3.48. The maximum Gasteiger partial charge on any atom is 0.0499 e. The molecule has 8 heavy (non-hydrogen) atoms. The molecule has 0 aliphatic heterocycles. The van der Waals surface area contributed by atoms with Crippen LogP contribution in [0.25, 0.3) is 0 Å². The summed E-state index contributed by atoms with van der Waals surface area (Å²) in [7, 11) is -1.01. The minimum atomic E-state index is -1.01. The van der Waals surface area contributed by atoms with Gasteiger partial charge in [-0.15, -0.1) is 0 Å². The van der Waals surface area contributed by atoms with Crippen molar-refractivity contribution < 1.29 is 0 Å². The predicted molar refractivity (Wildman–Crippen MR) is 42.6 cm³/mol. The molecule has 0 rings (SSSR count). The maximum absolute atomic E-state index is 4.18. The van der Waals surface area contributed by atoms with Gasteiger partial charge in [-0.05, 0) is 5.54 Å². The van der Waals surface area contributed by atoms with Crippen LogP contribution in [0.4, 0.5) is 0 Å². The van der Waals surface area contributed by atoms with Gasteiger partial charge in [0.25, 0.3) is 0 Å². The SMILES string of the molecule is [CH2][Si](C)(C)C(C)CC. The van der Waals surface area contributed by atoms with E-state index in [1.165, 1.54) is 6.42 Å². The van der Waals surface area contributed by atoms with Crippen LogP contribution >= 0.6 is 0 Å². The summed E-state index contributed by atoms with van der Waals surface area (Å²) in [5.74, 6) is 0. The van der Waals surface area contributed by atoms with E-state index in [2.05, 4.69) is 33.5 Å². The predicted octanol–water partition coefficient (Wildman–Crippen LogP) is 2.87. The average molecular weight is 129 g/mol. The zero-order valence-corrected chi connectivity index (χ0v) is 7.49. The Hall–Kier alpha value is 0.217. The number of hydrogen-bond acceptors (Lipinski definition) is 0. The molecule has 0 heterocycles. The maximum atomic E-state index is 4.18. The summed E-state index contributed by atoms with van der Waals surface area (Å²) in [5, 5.41) is 0. The molecule has 0 nitrogen and oxygen atoms in total. The van der Waals surface area contributed by atoms with Crippen molar-refractivity contribution in [3.63, 3.8) is 0 Å². The molecule has 1 atom stereocenters. The van der Waals surface area contributed by atoms with Gasteiger partial charge in [0.1, 0.15) is 0 Å². The van der Waals surface area contributed by atoms with Gasteiger partial charge in [-0.3, -0.25) is 0 Å². The molecule has 0 fully saturated rings. The lowest BCUT2D eigenvalue weighted by atomic mass is 10.4. The lowest BCUT2D eigenvalue weighted by Crippen LogP contribution is -2.26. The molecule has 0 aromatic carbocycles. The van der Waals surface area contributed by atoms with Crippen LogP contribution in [0, 0.1) is 6.55 Å². The Morgan fingerprint density at radius 3 is 1.88 bits per heavy atom. The highest BCUT2D eigenvalue weighted by atomic mass is 28.3. The monoisotopic (exact) mass is 129 g/mol. The van der Waals surface area contributed by atoms with Crippen molar-refractivity contribution in [1.29, 1.82) is 0 Å². The second-order valence-corrected chi connectivity index (χ2v) is 8.26. The van der Waals surface area contributed by atoms with Gasteiger partial charge < -0.3 is 0 Å². The number of hydrogen-bond donors (Lipinski definition) is 0. The van der Waals surface area contributed by atoms with Crippen molar-refractivity contribution in [3.05, 3.63) is 6.55 Å². The zero-order valence-electron chi connectivity index (χ0n) is 6.49. The topological polar surface area (TPSA) is 0 Å². The van der Waals surface area contributed by atoms with E-state index in [-0.39, 0.29) is 0 Å². The first-order valence-corrected chi connectivity index (χ1v) is 6.62. The summed E-state index contributed by atoms with van der Waals surface area (Å²) in [6.07, 6.45) is 1.29. The summed E-state index contributed by atoms with van der Waals surface area (Å²) in [5.41, 5.74) is 0.877. The molecule has 0 bridgehead atoms. The molecule has 49 valence electrons. The highest BCUT2D eigenvalue weighted by Crippen LogP contribution is 2.22. The Morgan fingerprint density at radius 1 is 1.50 bits per heavy atom. The van der Waals surface area contributed by atoms with E-state index in [1.807, 2.05) is 0 Å². The van der Waals surface area contributed by atoms with Gasteiger partial charge in [0.05, 0.1) is 0 Å². The third kappa shape index (κ3) is 2.51. The molecule has 1 radical (unpaired) electrons. The standard InChI is InChI=1S/C7H17Si/c1-6-7(2)8(3,4)5/h7H,3,6H2,1-2,4-5H3. The lowest BCUT2D eigenvalue weighted by Gasteiger charge is -2.22. The van der Waals surface area contributed by atoms with Crippen LogP contribution in [-0.4, -0.2) is 8.07 Å². The van der Waals surface area contributed by atoms with Gasteiger partial charge in [0, 0.05) is 8.07 Å². The Kier molecular flexibility index (Phi) is 2.74. The molecule has 0 spiro atoms. The Morgan fingerprint density at radius 2 is 1.88 bits per heavy atom. The smallest absolute Gasteiger partial charge is 0.0499 e. The largest absolute Gasteiger partial charge is 0.0692 e. The van der Waals surface area contributed by atoms with Crippen LogP contribution in [-0.2, 0) is 0 Å². The normalized spacial score (nSPS) is 16.1. The molecular formula is C7H17Si. The van der Waals surface area contributed by atoms with E-state index in [0.29, 0.717) is 0 Å². The lowest BCUT2D eigenvalue weighted by molar-refractivity contribution is 0.847. The van der Waals surface area contributed by atoms with Gasteiger partial charge in [-0.2, -0.15) is 0 Å². The van der Waals surface area contributed by atoms with Crippen molar-refractivity contribution in [2.75, 3.05) is 0 Å². The third-order valence-electron chi connectivity index (χ3n) is 1.95. The van der Waals surface area contributed by atoms with Gasteiger partial charge in [0.2, 0.25) is 0 Å². The quantitative estimate of drug-likeness (QED) is 0.503. The van der Waals surface area contributed by atoms with E-state index in [4.69, 9.17) is 0 Å². The average Bonchev–Trinajstić information content (AvgIpc) is 1.62. The number of rotatable bonds is 2. The van der Waals surface area contributed by atoms with Crippen molar-refractivity contribution in [1.82, 2.24) is 0 Å². The molecule has 0 aromatic rings. The molecule has 0 saturated heterocycles. The van der Waals surface area contributed by atoms with E-state index < -0.39 is 8.07 Å². The molecule has 0 aromatic heterocycles. The van der Waals surface area contributed by atoms with E-state index in [1.54, 1.807) is 0 Å². The Balaban J connectivity index is 3.62. The molecule has 0 N–H and O–H groups in total. The van der Waals surface area contributed by atoms with Crippen LogP contribution in [0.2, 0.25) is 18.6 Å². The minimum absolute atomic E-state index is 0.877. The first kappa shape index (κ1) is 8.22. The second kappa shape index (κ2) is 2.67. The van der Waals surface area contributed by atoms with Crippen LogP contribution < -0.4 is 0 Å². The fourth-order valence-corrected chi connectivity index (χ4v) is 1.66. The molecule has 0 aliphatic rings. The van der Waals surface area contributed by atoms with Crippen molar-refractivity contribution in [3.8, 4) is 0 Å². The van der Waals surface area contributed by atoms with E-state index >= 15 is 0 Å². The highest BCUT2D eigenvalue weighted by molar-refractivity contribution is 6.80. The van der Waals surface area contributed by atoms with Crippen LogP contribution in [0.15, 0.2) is 0 Å². The van der Waals surface area contributed by atoms with E-state index in [9.17, 15) is 0 Å². The van der Waals surface area contributed by atoms with Crippen LogP contribution in [0.1, 0.15) is 20.3 Å². The molecule has 0 saturated carbocycles. The van der Waals surface area contributed by atoms with Crippen LogP contribution in [0.5, 0.6) is 0 Å². The van der Waals surface area contributed by atoms with E-state index in [0.717, 1.165) is 5.54 Å². The minimum Gasteiger partial charge on any atom is -0.0692 e.